The van der Waals surface area contributed by atoms with E-state index in [0.29, 0.717) is 10.9 Å². The first-order chi connectivity index (χ1) is 14.0. The minimum atomic E-state index is -1.24. The van der Waals surface area contributed by atoms with Gasteiger partial charge in [-0.1, -0.05) is 51.1 Å². The second kappa shape index (κ2) is 7.62. The number of hydrogen-bond donors (Lipinski definition) is 0. The van der Waals surface area contributed by atoms with E-state index in [1.54, 1.807) is 0 Å². The number of fused-ring (bicyclic) bond motifs is 2. The van der Waals surface area contributed by atoms with E-state index in [2.05, 4.69) is 52.3 Å². The number of carbonyl (C=O) groups excluding carboxylic acids is 2. The molecule has 0 spiro atoms. The molecule has 2 atom stereocenters. The number of ether oxygens (including phenoxy) is 2. The molecule has 2 aliphatic rings. The molecular formula is C24H32NO4P. The first kappa shape index (κ1) is 22.7. The topological polar surface area (TPSA) is 55.8 Å². The molecule has 0 saturated heterocycles. The lowest BCUT2D eigenvalue weighted by atomic mass is 9.77. The van der Waals surface area contributed by atoms with Gasteiger partial charge in [-0.3, -0.25) is 4.67 Å². The Balaban J connectivity index is 2.48. The third-order valence-corrected chi connectivity index (χ3v) is 9.47. The van der Waals surface area contributed by atoms with Crippen molar-refractivity contribution < 1.29 is 19.1 Å². The highest BCUT2D eigenvalue weighted by Crippen LogP contribution is 2.79. The number of methoxy groups -OCH3 is 2. The highest BCUT2D eigenvalue weighted by molar-refractivity contribution is 7.66. The Kier molecular flexibility index (Phi) is 5.77. The van der Waals surface area contributed by atoms with Gasteiger partial charge in [0, 0.05) is 13.6 Å². The molecule has 3 rings (SSSR count). The summed E-state index contributed by atoms with van der Waals surface area (Å²) in [6.07, 6.45) is 3.14. The third kappa shape index (κ3) is 3.14. The second-order valence-corrected chi connectivity index (χ2v) is 11.4. The molecule has 1 aromatic carbocycles. The number of rotatable bonds is 5. The van der Waals surface area contributed by atoms with E-state index in [1.165, 1.54) is 19.5 Å². The van der Waals surface area contributed by atoms with E-state index in [0.717, 1.165) is 12.0 Å². The summed E-state index contributed by atoms with van der Waals surface area (Å²) in [4.78, 5) is 26.3. The van der Waals surface area contributed by atoms with Crippen molar-refractivity contribution in [2.45, 2.75) is 59.0 Å². The molecule has 2 heterocycles. The predicted molar refractivity (Wildman–Crippen MR) is 120 cm³/mol. The summed E-state index contributed by atoms with van der Waals surface area (Å²) in [6.45, 7) is 12.9. The molecule has 0 fully saturated rings. The molecule has 0 N–H and O–H groups in total. The number of benzene rings is 1. The molecule has 0 radical (unpaired) electrons. The van der Waals surface area contributed by atoms with Gasteiger partial charge >= 0.3 is 11.9 Å². The summed E-state index contributed by atoms with van der Waals surface area (Å²) in [7, 11) is 1.50. The minimum absolute atomic E-state index is 0.132. The minimum Gasteiger partial charge on any atom is -0.466 e. The fraction of sp³-hybridized carbons (Fsp3) is 0.500. The van der Waals surface area contributed by atoms with Gasteiger partial charge < -0.3 is 9.47 Å². The molecule has 2 unspecified atom stereocenters. The van der Waals surface area contributed by atoms with Crippen molar-refractivity contribution in [1.82, 2.24) is 4.67 Å². The van der Waals surface area contributed by atoms with Crippen LogP contribution in [0, 0.1) is 5.41 Å². The molecule has 1 aromatic rings. The van der Waals surface area contributed by atoms with Crippen molar-refractivity contribution in [1.29, 1.82) is 0 Å². The number of esters is 2. The van der Waals surface area contributed by atoms with Crippen LogP contribution in [0.5, 0.6) is 0 Å². The van der Waals surface area contributed by atoms with Gasteiger partial charge in [-0.2, -0.15) is 0 Å². The Morgan fingerprint density at radius 2 is 1.57 bits per heavy atom. The third-order valence-electron chi connectivity index (χ3n) is 6.13. The maximum atomic E-state index is 13.2. The Labute approximate surface area is 180 Å². The van der Waals surface area contributed by atoms with Crippen molar-refractivity contribution in [2.75, 3.05) is 14.2 Å². The van der Waals surface area contributed by atoms with Crippen LogP contribution in [0.25, 0.3) is 0 Å². The van der Waals surface area contributed by atoms with Crippen molar-refractivity contribution in [3.63, 3.8) is 0 Å². The zero-order chi connectivity index (χ0) is 22.5. The molecule has 0 aromatic heterocycles. The Morgan fingerprint density at radius 3 is 2.03 bits per heavy atom. The molecule has 5 nitrogen and oxygen atoms in total. The Bertz CT molecular complexity index is 926. The second-order valence-electron chi connectivity index (χ2n) is 9.40. The first-order valence-electron chi connectivity index (χ1n) is 10.3. The normalized spacial score (nSPS) is 24.1. The summed E-state index contributed by atoms with van der Waals surface area (Å²) in [5.41, 5.74) is 0.0166. The van der Waals surface area contributed by atoms with Crippen LogP contribution in [0.2, 0.25) is 0 Å². The van der Waals surface area contributed by atoms with Crippen molar-refractivity contribution in [3.8, 4) is 0 Å². The summed E-state index contributed by atoms with van der Waals surface area (Å²) >= 11 is 0. The van der Waals surface area contributed by atoms with Gasteiger partial charge in [0.25, 0.3) is 0 Å². The Hall–Kier alpha value is -1.97. The van der Waals surface area contributed by atoms with E-state index in [-0.39, 0.29) is 11.0 Å². The number of allylic oxidation sites excluding steroid dienone is 1. The maximum absolute atomic E-state index is 13.2. The molecule has 0 amide bonds. The van der Waals surface area contributed by atoms with E-state index < -0.39 is 25.5 Å². The van der Waals surface area contributed by atoms with Crippen molar-refractivity contribution in [3.05, 3.63) is 58.2 Å². The molecule has 0 aliphatic carbocycles. The van der Waals surface area contributed by atoms with Gasteiger partial charge in [0.15, 0.2) is 0 Å². The summed E-state index contributed by atoms with van der Waals surface area (Å²) < 4.78 is 12.8. The number of hydrogen-bond acceptors (Lipinski definition) is 5. The van der Waals surface area contributed by atoms with Gasteiger partial charge in [-0.25, -0.2) is 9.59 Å². The zero-order valence-electron chi connectivity index (χ0n) is 19.2. The lowest BCUT2D eigenvalue weighted by Gasteiger charge is -2.45. The maximum Gasteiger partial charge on any atom is 0.340 e. The van der Waals surface area contributed by atoms with Gasteiger partial charge in [0.1, 0.15) is 5.54 Å². The lowest BCUT2D eigenvalue weighted by Crippen LogP contribution is -2.48. The van der Waals surface area contributed by atoms with Gasteiger partial charge in [0.2, 0.25) is 0 Å². The zero-order valence-corrected chi connectivity index (χ0v) is 20.1. The van der Waals surface area contributed by atoms with E-state index in [1.807, 2.05) is 30.3 Å². The van der Waals surface area contributed by atoms with Crippen LogP contribution in [0.4, 0.5) is 0 Å². The lowest BCUT2D eigenvalue weighted by molar-refractivity contribution is -0.139. The largest absolute Gasteiger partial charge is 0.466 e. The van der Waals surface area contributed by atoms with Gasteiger partial charge in [-0.15, -0.1) is 0 Å². The molecule has 30 heavy (non-hydrogen) atoms. The van der Waals surface area contributed by atoms with Crippen molar-refractivity contribution >= 4 is 20.0 Å². The van der Waals surface area contributed by atoms with Crippen LogP contribution in [0.1, 0.15) is 53.5 Å². The van der Waals surface area contributed by atoms with E-state index in [9.17, 15) is 9.59 Å². The summed E-state index contributed by atoms with van der Waals surface area (Å²) in [5, 5.41) is 1.66. The van der Waals surface area contributed by atoms with Crippen LogP contribution in [0.15, 0.2) is 52.6 Å². The molecule has 2 aliphatic heterocycles. The Morgan fingerprint density at radius 1 is 1.00 bits per heavy atom. The summed E-state index contributed by atoms with van der Waals surface area (Å²) in [6, 6.07) is 9.93. The smallest absolute Gasteiger partial charge is 0.340 e. The van der Waals surface area contributed by atoms with Gasteiger partial charge in [-0.05, 0) is 49.6 Å². The van der Waals surface area contributed by atoms with Crippen LogP contribution in [0.3, 0.4) is 0 Å². The highest BCUT2D eigenvalue weighted by Gasteiger charge is 2.65. The molecule has 6 heteroatoms. The van der Waals surface area contributed by atoms with Crippen molar-refractivity contribution in [2.24, 2.45) is 5.41 Å². The SMILES string of the molecule is CCC(C)(C)C1=CC2(c3ccccc3)C(C(=O)OC)=C(C(=O)OC)P1N2C(C)(C)C. The standard InChI is InChI=1S/C24H32NO4P/c1-9-23(5,6)17-15-24(16-13-11-10-12-14-16)18(20(26)28-7)19(21(27)29-8)30(17)25(24)22(2,3)4/h10-15H,9H2,1-8H3. The van der Waals surface area contributed by atoms with Gasteiger partial charge in [0.05, 0.1) is 25.1 Å². The molecule has 0 saturated carbocycles. The number of carbonyl (C=O) groups is 2. The fourth-order valence-electron chi connectivity index (χ4n) is 4.44. The quantitative estimate of drug-likeness (QED) is 0.468. The summed E-state index contributed by atoms with van der Waals surface area (Å²) in [5.74, 6) is -0.936. The van der Waals surface area contributed by atoms with E-state index in [4.69, 9.17) is 9.47 Å². The monoisotopic (exact) mass is 429 g/mol. The molecule has 2 bridgehead atoms. The predicted octanol–water partition coefficient (Wildman–Crippen LogP) is 5.33. The average molecular weight is 429 g/mol. The molecule has 162 valence electrons. The van der Waals surface area contributed by atoms with Crippen LogP contribution in [-0.4, -0.2) is 36.4 Å². The fourth-order valence-corrected chi connectivity index (χ4v) is 8.07. The van der Waals surface area contributed by atoms with Crippen LogP contribution < -0.4 is 0 Å². The van der Waals surface area contributed by atoms with Crippen LogP contribution in [-0.2, 0) is 24.6 Å². The average Bonchev–Trinajstić information content (AvgIpc) is 3.24. The first-order valence-corrected chi connectivity index (χ1v) is 11.6. The number of nitrogens with zero attached hydrogens (tertiary/aromatic N) is 1. The van der Waals surface area contributed by atoms with E-state index >= 15 is 0 Å². The van der Waals surface area contributed by atoms with Crippen LogP contribution >= 0.6 is 8.07 Å². The molecular weight excluding hydrogens is 397 g/mol. The highest BCUT2D eigenvalue weighted by atomic mass is 31.1.